The fourth-order valence-corrected chi connectivity index (χ4v) is 3.36. The van der Waals surface area contributed by atoms with Crippen LogP contribution in [0.1, 0.15) is 11.6 Å². The van der Waals surface area contributed by atoms with E-state index in [0.29, 0.717) is 6.54 Å². The Hall–Kier alpha value is -2.82. The Morgan fingerprint density at radius 3 is 2.54 bits per heavy atom. The number of H-pyrrole nitrogens is 1. The first kappa shape index (κ1) is 16.6. The molecule has 26 heavy (non-hydrogen) atoms. The van der Waals surface area contributed by atoms with Crippen LogP contribution >= 0.6 is 11.6 Å². The minimum atomic E-state index is -0.00771. The molecule has 3 aromatic carbocycles. The largest absolute Gasteiger partial charge is 0.360 e. The molecular weight excluding hydrogens is 344 g/mol. The van der Waals surface area contributed by atoms with E-state index in [9.17, 15) is 0 Å². The fourth-order valence-electron chi connectivity index (χ4n) is 3.12. The number of anilines is 1. The van der Waals surface area contributed by atoms with Crippen LogP contribution in [0.15, 0.2) is 72.8 Å². The fraction of sp³-hybridized carbons (Fsp3) is 0.0952. The molecule has 4 nitrogen and oxygen atoms in total. The van der Waals surface area contributed by atoms with Crippen molar-refractivity contribution in [3.63, 3.8) is 0 Å². The van der Waals surface area contributed by atoms with Gasteiger partial charge in [-0.3, -0.25) is 5.10 Å². The molecule has 5 heteroatoms. The number of fused-ring (bicyclic) bond motifs is 1. The minimum absolute atomic E-state index is 0.00771. The van der Waals surface area contributed by atoms with Gasteiger partial charge in [-0.05, 0) is 29.3 Å². The quantitative estimate of drug-likeness (QED) is 0.468. The molecule has 1 heterocycles. The van der Waals surface area contributed by atoms with Gasteiger partial charge in [-0.25, -0.2) is 0 Å². The van der Waals surface area contributed by atoms with Gasteiger partial charge in [0.1, 0.15) is 0 Å². The van der Waals surface area contributed by atoms with E-state index in [1.54, 1.807) is 0 Å². The van der Waals surface area contributed by atoms with Crippen molar-refractivity contribution < 1.29 is 0 Å². The molecule has 0 saturated heterocycles. The number of rotatable bonds is 5. The van der Waals surface area contributed by atoms with Crippen molar-refractivity contribution in [3.8, 4) is 11.1 Å². The molecule has 1 aromatic heterocycles. The third kappa shape index (κ3) is 3.17. The molecule has 130 valence electrons. The van der Waals surface area contributed by atoms with Crippen molar-refractivity contribution in [2.24, 2.45) is 5.73 Å². The normalized spacial score (nSPS) is 12.2. The van der Waals surface area contributed by atoms with Crippen LogP contribution in [0.25, 0.3) is 22.0 Å². The van der Waals surface area contributed by atoms with Crippen molar-refractivity contribution in [2.45, 2.75) is 6.04 Å². The highest BCUT2D eigenvalue weighted by molar-refractivity contribution is 6.33. The molecule has 0 saturated carbocycles. The van der Waals surface area contributed by atoms with E-state index < -0.39 is 0 Å². The molecule has 0 spiro atoms. The highest BCUT2D eigenvalue weighted by Crippen LogP contribution is 2.32. The van der Waals surface area contributed by atoms with Crippen molar-refractivity contribution >= 4 is 28.3 Å². The van der Waals surface area contributed by atoms with Gasteiger partial charge >= 0.3 is 0 Å². The van der Waals surface area contributed by atoms with Gasteiger partial charge in [0, 0.05) is 22.5 Å². The Balaban J connectivity index is 1.72. The number of hydrogen-bond acceptors (Lipinski definition) is 3. The maximum atomic E-state index is 6.35. The molecule has 4 rings (SSSR count). The number of benzene rings is 3. The highest BCUT2D eigenvalue weighted by atomic mass is 35.5. The number of nitrogens with zero attached hydrogens (tertiary/aromatic N) is 1. The van der Waals surface area contributed by atoms with Crippen LogP contribution in [0.5, 0.6) is 0 Å². The first-order chi connectivity index (χ1) is 12.8. The van der Waals surface area contributed by atoms with Crippen LogP contribution in [-0.2, 0) is 0 Å². The van der Waals surface area contributed by atoms with E-state index in [-0.39, 0.29) is 6.04 Å². The molecule has 1 atom stereocenters. The lowest BCUT2D eigenvalue weighted by atomic mass is 10.0. The van der Waals surface area contributed by atoms with Crippen LogP contribution in [0.4, 0.5) is 5.82 Å². The monoisotopic (exact) mass is 362 g/mol. The maximum absolute atomic E-state index is 6.35. The second-order valence-electron chi connectivity index (χ2n) is 6.16. The summed E-state index contributed by atoms with van der Waals surface area (Å²) in [6.45, 7) is 0.475. The average molecular weight is 363 g/mol. The number of aromatic amines is 1. The van der Waals surface area contributed by atoms with E-state index >= 15 is 0 Å². The van der Waals surface area contributed by atoms with E-state index in [2.05, 4.69) is 33.7 Å². The molecule has 0 fully saturated rings. The summed E-state index contributed by atoms with van der Waals surface area (Å²) >= 11 is 6.35. The summed E-state index contributed by atoms with van der Waals surface area (Å²) in [6.07, 6.45) is 0. The summed E-state index contributed by atoms with van der Waals surface area (Å²) in [7, 11) is 0. The Morgan fingerprint density at radius 2 is 1.77 bits per heavy atom. The zero-order chi connectivity index (χ0) is 17.9. The predicted octanol–water partition coefficient (Wildman–Crippen LogP) is 5.00. The molecule has 0 aliphatic rings. The zero-order valence-electron chi connectivity index (χ0n) is 14.1. The summed E-state index contributed by atoms with van der Waals surface area (Å²) in [5.74, 6) is 0.785. The molecule has 0 bridgehead atoms. The molecule has 1 unspecified atom stereocenters. The average Bonchev–Trinajstić information content (AvgIpc) is 3.09. The number of nitrogens with two attached hydrogens (primary N) is 1. The second kappa shape index (κ2) is 7.20. The van der Waals surface area contributed by atoms with E-state index in [1.165, 1.54) is 0 Å². The first-order valence-electron chi connectivity index (χ1n) is 8.51. The summed E-state index contributed by atoms with van der Waals surface area (Å²) in [4.78, 5) is 0. The van der Waals surface area contributed by atoms with Crippen molar-refractivity contribution in [3.05, 3.63) is 83.4 Å². The van der Waals surface area contributed by atoms with E-state index in [1.807, 2.05) is 54.6 Å². The topological polar surface area (TPSA) is 66.7 Å². The third-order valence-corrected chi connectivity index (χ3v) is 4.83. The van der Waals surface area contributed by atoms with Gasteiger partial charge in [-0.15, -0.1) is 0 Å². The third-order valence-electron chi connectivity index (χ3n) is 4.50. The van der Waals surface area contributed by atoms with Crippen LogP contribution < -0.4 is 11.1 Å². The zero-order valence-corrected chi connectivity index (χ0v) is 14.9. The molecule has 0 aliphatic heterocycles. The van der Waals surface area contributed by atoms with Crippen molar-refractivity contribution in [2.75, 3.05) is 11.9 Å². The smallest absolute Gasteiger partial charge is 0.156 e. The lowest BCUT2D eigenvalue weighted by Crippen LogP contribution is -2.20. The summed E-state index contributed by atoms with van der Waals surface area (Å²) in [5, 5.41) is 12.7. The number of hydrogen-bond donors (Lipinski definition) is 3. The first-order valence-corrected chi connectivity index (χ1v) is 8.88. The maximum Gasteiger partial charge on any atom is 0.156 e. The van der Waals surface area contributed by atoms with Crippen molar-refractivity contribution in [1.29, 1.82) is 0 Å². The van der Waals surface area contributed by atoms with E-state index in [4.69, 9.17) is 17.3 Å². The molecule has 4 N–H and O–H groups in total. The van der Waals surface area contributed by atoms with Crippen molar-refractivity contribution in [1.82, 2.24) is 10.2 Å². The highest BCUT2D eigenvalue weighted by Gasteiger charge is 2.14. The molecule has 0 radical (unpaired) electrons. The number of nitrogens with one attached hydrogen (secondary N) is 2. The van der Waals surface area contributed by atoms with Gasteiger partial charge in [0.2, 0.25) is 0 Å². The summed E-state index contributed by atoms with van der Waals surface area (Å²) in [6, 6.07) is 24.1. The molecule has 0 amide bonds. The lowest BCUT2D eigenvalue weighted by molar-refractivity contribution is 0.784. The Kier molecular flexibility index (Phi) is 4.61. The minimum Gasteiger partial charge on any atom is -0.360 e. The summed E-state index contributed by atoms with van der Waals surface area (Å²) in [5.41, 5.74) is 10.1. The Labute approximate surface area is 157 Å². The lowest BCUT2D eigenvalue weighted by Gasteiger charge is -2.17. The van der Waals surface area contributed by atoms with Crippen LogP contribution in [-0.4, -0.2) is 16.7 Å². The van der Waals surface area contributed by atoms with Gasteiger partial charge in [0.05, 0.1) is 11.6 Å². The molecule has 0 aliphatic carbocycles. The van der Waals surface area contributed by atoms with Gasteiger partial charge in [-0.1, -0.05) is 66.2 Å². The predicted molar refractivity (Wildman–Crippen MR) is 108 cm³/mol. The Bertz CT molecular complexity index is 1030. The van der Waals surface area contributed by atoms with Gasteiger partial charge < -0.3 is 11.1 Å². The number of halogens is 1. The van der Waals surface area contributed by atoms with Crippen LogP contribution in [0.3, 0.4) is 0 Å². The standard InChI is InChI=1S/C21H19ClN4/c22-18-9-5-4-8-16(18)15-10-11-19-17(12-15)21(26-25-19)24-20(13-23)14-6-2-1-3-7-14/h1-12,20H,13,23H2,(H2,24,25,26). The summed E-state index contributed by atoms with van der Waals surface area (Å²) < 4.78 is 0. The Morgan fingerprint density at radius 1 is 1.00 bits per heavy atom. The molecule has 4 aromatic rings. The van der Waals surface area contributed by atoms with Crippen LogP contribution in [0.2, 0.25) is 5.02 Å². The van der Waals surface area contributed by atoms with E-state index in [0.717, 1.165) is 38.4 Å². The van der Waals surface area contributed by atoms with Crippen LogP contribution in [0, 0.1) is 0 Å². The van der Waals surface area contributed by atoms with Gasteiger partial charge in [-0.2, -0.15) is 5.10 Å². The molecular formula is C21H19ClN4. The number of aromatic nitrogens is 2. The SMILES string of the molecule is NCC(Nc1n[nH]c2ccc(-c3ccccc3Cl)cc12)c1ccccc1. The second-order valence-corrected chi connectivity index (χ2v) is 6.56. The van der Waals surface area contributed by atoms with Gasteiger partial charge in [0.15, 0.2) is 5.82 Å². The van der Waals surface area contributed by atoms with Gasteiger partial charge in [0.25, 0.3) is 0 Å².